The van der Waals surface area contributed by atoms with Gasteiger partial charge in [0.2, 0.25) is 11.4 Å². The van der Waals surface area contributed by atoms with Crippen molar-refractivity contribution in [1.82, 2.24) is 4.98 Å². The topological polar surface area (TPSA) is 42.3 Å². The van der Waals surface area contributed by atoms with Crippen molar-refractivity contribution >= 4 is 33.5 Å². The molecule has 0 fully saturated rings. The van der Waals surface area contributed by atoms with Crippen molar-refractivity contribution in [3.8, 4) is 22.5 Å². The molecular formula is C38H30N3O+. The standard InChI is InChI=1S/C38H30N3O/c1-3-32-28-14-8-7-13-27(28)29-18-16-26-17-19-30-31-20-21-33(25-11-5-4-6-12-25)40-38(31)42-37(30)36(26)35-15-9-10-22-41(35)24(2)23-34(29)39-32/h3-15,17,19-22,29,34H,1-2,16,18,23H2/q+1. The van der Waals surface area contributed by atoms with E-state index in [1.807, 2.05) is 24.3 Å². The summed E-state index contributed by atoms with van der Waals surface area (Å²) in [6.45, 7) is 8.67. The summed E-state index contributed by atoms with van der Waals surface area (Å²) in [5.74, 6) is 0.279. The van der Waals surface area contributed by atoms with Crippen LogP contribution in [0.5, 0.6) is 0 Å². The van der Waals surface area contributed by atoms with Gasteiger partial charge in [-0.05, 0) is 54.8 Å². The van der Waals surface area contributed by atoms with E-state index >= 15 is 0 Å². The van der Waals surface area contributed by atoms with Gasteiger partial charge in [-0.1, -0.05) is 73.3 Å². The lowest BCUT2D eigenvalue weighted by Gasteiger charge is -2.32. The minimum absolute atomic E-state index is 0.0954. The van der Waals surface area contributed by atoms with E-state index in [4.69, 9.17) is 14.4 Å². The highest BCUT2D eigenvalue weighted by atomic mass is 16.3. The zero-order valence-corrected chi connectivity index (χ0v) is 23.3. The molecule has 2 unspecified atom stereocenters. The molecule has 2 atom stereocenters. The van der Waals surface area contributed by atoms with E-state index in [0.717, 1.165) is 69.5 Å². The maximum Gasteiger partial charge on any atom is 0.227 e. The fraction of sp³-hybridized carbons (Fsp3) is 0.132. The van der Waals surface area contributed by atoms with Gasteiger partial charge in [0.05, 0.1) is 29.4 Å². The van der Waals surface area contributed by atoms with E-state index in [9.17, 15) is 0 Å². The minimum atomic E-state index is 0.0954. The molecule has 0 bridgehead atoms. The van der Waals surface area contributed by atoms with Gasteiger partial charge in [-0.2, -0.15) is 4.57 Å². The van der Waals surface area contributed by atoms with E-state index < -0.39 is 0 Å². The SMILES string of the molecule is C=CC1=NC2CC(=C)[n+]3ccccc3-c3c(ccc4c3oc3nc(-c5ccccc5)ccc34)CCC2c2ccccc21. The van der Waals surface area contributed by atoms with Crippen molar-refractivity contribution in [2.75, 3.05) is 0 Å². The van der Waals surface area contributed by atoms with Crippen LogP contribution < -0.4 is 4.57 Å². The van der Waals surface area contributed by atoms with Gasteiger partial charge in [0, 0.05) is 39.9 Å². The third-order valence-corrected chi connectivity index (χ3v) is 8.89. The van der Waals surface area contributed by atoms with Crippen molar-refractivity contribution in [3.05, 3.63) is 139 Å². The van der Waals surface area contributed by atoms with Crippen LogP contribution in [0.4, 0.5) is 0 Å². The number of nitrogens with zero attached hydrogens (tertiary/aromatic N) is 3. The number of aromatic nitrogens is 2. The summed E-state index contributed by atoms with van der Waals surface area (Å²) in [6.07, 6.45) is 6.64. The molecule has 6 aromatic rings. The van der Waals surface area contributed by atoms with Crippen molar-refractivity contribution in [1.29, 1.82) is 0 Å². The zero-order chi connectivity index (χ0) is 28.2. The molecule has 42 heavy (non-hydrogen) atoms. The number of rotatable bonds is 2. The molecule has 8 rings (SSSR count). The Morgan fingerprint density at radius 1 is 0.857 bits per heavy atom. The molecule has 0 amide bonds. The third kappa shape index (κ3) is 3.87. The maximum absolute atomic E-state index is 6.68. The van der Waals surface area contributed by atoms with Gasteiger partial charge >= 0.3 is 0 Å². The first-order valence-corrected chi connectivity index (χ1v) is 14.6. The molecule has 0 radical (unpaired) electrons. The smallest absolute Gasteiger partial charge is 0.227 e. The molecule has 0 N–H and O–H groups in total. The van der Waals surface area contributed by atoms with Crippen LogP contribution >= 0.6 is 0 Å². The second kappa shape index (κ2) is 9.78. The van der Waals surface area contributed by atoms with Crippen LogP contribution in [0.3, 0.4) is 0 Å². The van der Waals surface area contributed by atoms with Gasteiger partial charge in [-0.3, -0.25) is 4.99 Å². The Morgan fingerprint density at radius 2 is 1.67 bits per heavy atom. The van der Waals surface area contributed by atoms with E-state index in [1.54, 1.807) is 0 Å². The van der Waals surface area contributed by atoms with Gasteiger partial charge in [-0.25, -0.2) is 4.98 Å². The minimum Gasteiger partial charge on any atom is -0.437 e. The molecule has 2 aliphatic heterocycles. The van der Waals surface area contributed by atoms with Gasteiger partial charge in [0.25, 0.3) is 0 Å². The quantitative estimate of drug-likeness (QED) is 0.205. The number of fused-ring (bicyclic) bond motifs is 10. The monoisotopic (exact) mass is 544 g/mol. The summed E-state index contributed by atoms with van der Waals surface area (Å²) < 4.78 is 8.90. The van der Waals surface area contributed by atoms with Crippen LogP contribution in [-0.2, 0) is 6.42 Å². The number of furan rings is 1. The molecule has 0 aliphatic carbocycles. The summed E-state index contributed by atoms with van der Waals surface area (Å²) in [7, 11) is 0. The lowest BCUT2D eigenvalue weighted by atomic mass is 9.78. The summed E-state index contributed by atoms with van der Waals surface area (Å²) in [5, 5.41) is 2.11. The highest BCUT2D eigenvalue weighted by Crippen LogP contribution is 2.42. The lowest BCUT2D eigenvalue weighted by Crippen LogP contribution is -2.38. The number of hydrogen-bond donors (Lipinski definition) is 0. The average Bonchev–Trinajstić information content (AvgIpc) is 3.41. The van der Waals surface area contributed by atoms with E-state index in [0.29, 0.717) is 5.71 Å². The largest absolute Gasteiger partial charge is 0.437 e. The van der Waals surface area contributed by atoms with Gasteiger partial charge in [0.15, 0.2) is 17.5 Å². The zero-order valence-electron chi connectivity index (χ0n) is 23.3. The van der Waals surface area contributed by atoms with Gasteiger partial charge < -0.3 is 4.42 Å². The molecule has 0 spiro atoms. The first-order valence-electron chi connectivity index (χ1n) is 14.6. The Labute approximate surface area is 245 Å². The molecule has 202 valence electrons. The Hall–Kier alpha value is -5.09. The predicted molar refractivity (Wildman–Crippen MR) is 171 cm³/mol. The number of benzene rings is 3. The van der Waals surface area contributed by atoms with E-state index in [-0.39, 0.29) is 12.0 Å². The van der Waals surface area contributed by atoms with Crippen LogP contribution in [0, 0.1) is 0 Å². The molecule has 4 heteroatoms. The molecule has 4 nitrogen and oxygen atoms in total. The maximum atomic E-state index is 6.68. The van der Waals surface area contributed by atoms with Crippen molar-refractivity contribution in [2.24, 2.45) is 4.99 Å². The highest BCUT2D eigenvalue weighted by Gasteiger charge is 2.35. The summed E-state index contributed by atoms with van der Waals surface area (Å²) in [6, 6.07) is 34.1. The molecule has 3 aromatic heterocycles. The normalized spacial score (nSPS) is 18.0. The highest BCUT2D eigenvalue weighted by molar-refractivity contribution is 6.11. The summed E-state index contributed by atoms with van der Waals surface area (Å²) >= 11 is 0. The fourth-order valence-corrected chi connectivity index (χ4v) is 6.89. The summed E-state index contributed by atoms with van der Waals surface area (Å²) in [4.78, 5) is 10.2. The Morgan fingerprint density at radius 3 is 2.55 bits per heavy atom. The Balaban J connectivity index is 1.33. The second-order valence-corrected chi connectivity index (χ2v) is 11.2. The van der Waals surface area contributed by atoms with E-state index in [2.05, 4.69) is 103 Å². The van der Waals surface area contributed by atoms with Crippen LogP contribution in [0.25, 0.3) is 50.3 Å². The number of pyridine rings is 2. The Bertz CT molecular complexity index is 2070. The van der Waals surface area contributed by atoms with Crippen LogP contribution in [0.2, 0.25) is 0 Å². The average molecular weight is 545 g/mol. The van der Waals surface area contributed by atoms with Crippen molar-refractivity contribution in [3.63, 3.8) is 0 Å². The Kier molecular flexibility index (Phi) is 5.75. The third-order valence-electron chi connectivity index (χ3n) is 8.89. The van der Waals surface area contributed by atoms with Crippen LogP contribution in [-0.4, -0.2) is 16.7 Å². The van der Waals surface area contributed by atoms with Crippen molar-refractivity contribution in [2.45, 2.75) is 31.2 Å². The first-order chi connectivity index (χ1) is 20.7. The molecular weight excluding hydrogens is 514 g/mol. The molecule has 0 saturated carbocycles. The molecule has 0 saturated heterocycles. The van der Waals surface area contributed by atoms with Gasteiger partial charge in [0.1, 0.15) is 0 Å². The number of aryl methyl sites for hydroxylation is 1. The second-order valence-electron chi connectivity index (χ2n) is 11.2. The molecule has 2 aliphatic rings. The first kappa shape index (κ1) is 24.7. The van der Waals surface area contributed by atoms with Crippen LogP contribution in [0.15, 0.2) is 132 Å². The van der Waals surface area contributed by atoms with E-state index in [1.165, 1.54) is 16.7 Å². The fourth-order valence-electron chi connectivity index (χ4n) is 6.89. The molecule has 3 aromatic carbocycles. The summed E-state index contributed by atoms with van der Waals surface area (Å²) in [5.41, 5.74) is 11.5. The number of hydrogen-bond acceptors (Lipinski definition) is 3. The molecule has 5 heterocycles. The number of allylic oxidation sites excluding steroid dienone is 1. The number of aliphatic imine (C=N–C) groups is 1. The van der Waals surface area contributed by atoms with Crippen LogP contribution in [0.1, 0.15) is 35.4 Å². The van der Waals surface area contributed by atoms with Gasteiger partial charge in [-0.15, -0.1) is 0 Å². The lowest BCUT2D eigenvalue weighted by molar-refractivity contribution is -0.571. The predicted octanol–water partition coefficient (Wildman–Crippen LogP) is 8.55. The van der Waals surface area contributed by atoms with Crippen molar-refractivity contribution < 1.29 is 8.98 Å².